The van der Waals surface area contributed by atoms with Crippen LogP contribution >= 0.6 is 0 Å². The lowest BCUT2D eigenvalue weighted by Crippen LogP contribution is -2.41. The van der Waals surface area contributed by atoms with Crippen molar-refractivity contribution in [2.45, 2.75) is 32.2 Å². The molecule has 0 radical (unpaired) electrons. The third-order valence-corrected chi connectivity index (χ3v) is 3.25. The van der Waals surface area contributed by atoms with Crippen LogP contribution in [-0.4, -0.2) is 39.0 Å². The number of rotatable bonds is 2. The molecule has 86 valence electrons. The van der Waals surface area contributed by atoms with Gasteiger partial charge in [0.25, 0.3) is 0 Å². The van der Waals surface area contributed by atoms with Gasteiger partial charge in [0.15, 0.2) is 0 Å². The summed E-state index contributed by atoms with van der Waals surface area (Å²) < 4.78 is 10.8. The summed E-state index contributed by atoms with van der Waals surface area (Å²) in [5.41, 5.74) is 3.15. The lowest BCUT2D eigenvalue weighted by molar-refractivity contribution is 0.0765. The molecule has 0 saturated carbocycles. The van der Waals surface area contributed by atoms with Crippen LogP contribution in [0.1, 0.15) is 26.2 Å². The topological polar surface area (TPSA) is 30.5 Å². The van der Waals surface area contributed by atoms with E-state index in [1.54, 1.807) is 11.1 Å². The van der Waals surface area contributed by atoms with Crippen molar-refractivity contribution in [1.82, 2.24) is 5.32 Å². The molecule has 1 unspecified atom stereocenters. The van der Waals surface area contributed by atoms with Crippen molar-refractivity contribution in [3.05, 3.63) is 11.1 Å². The fourth-order valence-corrected chi connectivity index (χ4v) is 2.31. The first kappa shape index (κ1) is 11.1. The third kappa shape index (κ3) is 3.30. The molecule has 3 heteroatoms. The van der Waals surface area contributed by atoms with Gasteiger partial charge in [0.1, 0.15) is 0 Å². The first-order valence-electron chi connectivity index (χ1n) is 5.92. The fourth-order valence-electron chi connectivity index (χ4n) is 2.31. The van der Waals surface area contributed by atoms with Crippen LogP contribution in [0.3, 0.4) is 0 Å². The van der Waals surface area contributed by atoms with Crippen LogP contribution in [0.2, 0.25) is 0 Å². The van der Waals surface area contributed by atoms with Crippen molar-refractivity contribution in [1.29, 1.82) is 0 Å². The summed E-state index contributed by atoms with van der Waals surface area (Å²) in [7, 11) is 0. The van der Waals surface area contributed by atoms with Gasteiger partial charge in [0.2, 0.25) is 0 Å². The molecule has 2 rings (SSSR count). The first-order valence-corrected chi connectivity index (χ1v) is 5.92. The molecule has 0 bridgehead atoms. The molecular weight excluding hydrogens is 190 g/mol. The molecule has 1 atom stereocenters. The number of ether oxygens (including phenoxy) is 2. The van der Waals surface area contributed by atoms with Crippen molar-refractivity contribution in [2.24, 2.45) is 0 Å². The van der Waals surface area contributed by atoms with Crippen LogP contribution in [0.15, 0.2) is 11.1 Å². The maximum Gasteiger partial charge on any atom is 0.0623 e. The van der Waals surface area contributed by atoms with E-state index in [-0.39, 0.29) is 0 Å². The van der Waals surface area contributed by atoms with Crippen molar-refractivity contribution >= 4 is 0 Å². The summed E-state index contributed by atoms with van der Waals surface area (Å²) in [5.74, 6) is 0. The SMILES string of the molecule is CC(CC1COCCN1)=C1CCOCC1. The average Bonchev–Trinajstić information content (AvgIpc) is 2.31. The minimum atomic E-state index is 0.522. The highest BCUT2D eigenvalue weighted by Crippen LogP contribution is 2.21. The summed E-state index contributed by atoms with van der Waals surface area (Å²) >= 11 is 0. The summed E-state index contributed by atoms with van der Waals surface area (Å²) in [5, 5.41) is 3.50. The van der Waals surface area contributed by atoms with Crippen LogP contribution < -0.4 is 5.32 Å². The van der Waals surface area contributed by atoms with Gasteiger partial charge >= 0.3 is 0 Å². The molecule has 0 amide bonds. The summed E-state index contributed by atoms with van der Waals surface area (Å²) in [6.07, 6.45) is 3.38. The molecule has 0 aromatic carbocycles. The second-order valence-electron chi connectivity index (χ2n) is 4.43. The Labute approximate surface area is 91.8 Å². The van der Waals surface area contributed by atoms with Crippen molar-refractivity contribution < 1.29 is 9.47 Å². The second-order valence-corrected chi connectivity index (χ2v) is 4.43. The summed E-state index contributed by atoms with van der Waals surface area (Å²) in [4.78, 5) is 0. The number of hydrogen-bond donors (Lipinski definition) is 1. The lowest BCUT2D eigenvalue weighted by atomic mass is 9.96. The van der Waals surface area contributed by atoms with E-state index in [1.807, 2.05) is 0 Å². The molecule has 2 aliphatic rings. The van der Waals surface area contributed by atoms with E-state index in [4.69, 9.17) is 9.47 Å². The van der Waals surface area contributed by atoms with Gasteiger partial charge in [-0.2, -0.15) is 0 Å². The Kier molecular flexibility index (Phi) is 4.18. The Morgan fingerprint density at radius 3 is 2.73 bits per heavy atom. The normalized spacial score (nSPS) is 27.8. The van der Waals surface area contributed by atoms with Crippen LogP contribution in [-0.2, 0) is 9.47 Å². The van der Waals surface area contributed by atoms with Crippen LogP contribution in [0.5, 0.6) is 0 Å². The zero-order valence-corrected chi connectivity index (χ0v) is 9.55. The highest BCUT2D eigenvalue weighted by atomic mass is 16.5. The molecule has 3 nitrogen and oxygen atoms in total. The predicted octanol–water partition coefficient (Wildman–Crippen LogP) is 1.49. The minimum Gasteiger partial charge on any atom is -0.381 e. The fraction of sp³-hybridized carbons (Fsp3) is 0.833. The Morgan fingerprint density at radius 1 is 1.27 bits per heavy atom. The van der Waals surface area contributed by atoms with Crippen LogP contribution in [0.25, 0.3) is 0 Å². The van der Waals surface area contributed by atoms with Gasteiger partial charge in [0, 0.05) is 12.6 Å². The maximum atomic E-state index is 5.46. The molecule has 2 heterocycles. The summed E-state index contributed by atoms with van der Waals surface area (Å²) in [6.45, 7) is 6.79. The van der Waals surface area contributed by atoms with Crippen molar-refractivity contribution in [3.63, 3.8) is 0 Å². The van der Waals surface area contributed by atoms with E-state index in [2.05, 4.69) is 12.2 Å². The first-order chi connectivity index (χ1) is 7.36. The largest absolute Gasteiger partial charge is 0.381 e. The van der Waals surface area contributed by atoms with Crippen LogP contribution in [0, 0.1) is 0 Å². The quantitative estimate of drug-likeness (QED) is 0.702. The molecule has 0 aromatic rings. The van der Waals surface area contributed by atoms with Crippen molar-refractivity contribution in [2.75, 3.05) is 33.0 Å². The number of morpholine rings is 1. The average molecular weight is 211 g/mol. The zero-order chi connectivity index (χ0) is 10.5. The molecule has 15 heavy (non-hydrogen) atoms. The Hall–Kier alpha value is -0.380. The predicted molar refractivity (Wildman–Crippen MR) is 60.0 cm³/mol. The van der Waals surface area contributed by atoms with E-state index in [0.717, 1.165) is 52.2 Å². The van der Waals surface area contributed by atoms with Gasteiger partial charge in [-0.15, -0.1) is 0 Å². The monoisotopic (exact) mass is 211 g/mol. The highest BCUT2D eigenvalue weighted by molar-refractivity contribution is 5.14. The highest BCUT2D eigenvalue weighted by Gasteiger charge is 2.16. The molecule has 1 N–H and O–H groups in total. The number of hydrogen-bond acceptors (Lipinski definition) is 3. The molecule has 0 spiro atoms. The van der Waals surface area contributed by atoms with E-state index >= 15 is 0 Å². The van der Waals surface area contributed by atoms with Gasteiger partial charge in [-0.3, -0.25) is 0 Å². The Balaban J connectivity index is 1.85. The standard InChI is InChI=1S/C12H21NO2/c1-10(11-2-5-14-6-3-11)8-12-9-15-7-4-13-12/h12-13H,2-9H2,1H3. The van der Waals surface area contributed by atoms with Gasteiger partial charge in [-0.1, -0.05) is 11.1 Å². The van der Waals surface area contributed by atoms with E-state index < -0.39 is 0 Å². The molecule has 2 aliphatic heterocycles. The molecule has 2 saturated heterocycles. The molecule has 2 fully saturated rings. The van der Waals surface area contributed by atoms with E-state index in [0.29, 0.717) is 6.04 Å². The second kappa shape index (κ2) is 5.64. The van der Waals surface area contributed by atoms with E-state index in [1.165, 1.54) is 0 Å². The minimum absolute atomic E-state index is 0.522. The molecule has 0 aliphatic carbocycles. The van der Waals surface area contributed by atoms with Crippen LogP contribution in [0.4, 0.5) is 0 Å². The van der Waals surface area contributed by atoms with E-state index in [9.17, 15) is 0 Å². The summed E-state index contributed by atoms with van der Waals surface area (Å²) in [6, 6.07) is 0.522. The Bertz CT molecular complexity index is 224. The van der Waals surface area contributed by atoms with Gasteiger partial charge in [0.05, 0.1) is 26.4 Å². The number of nitrogens with one attached hydrogen (secondary N) is 1. The lowest BCUT2D eigenvalue weighted by Gasteiger charge is -2.26. The van der Waals surface area contributed by atoms with Gasteiger partial charge < -0.3 is 14.8 Å². The molecular formula is C12H21NO2. The third-order valence-electron chi connectivity index (χ3n) is 3.25. The van der Waals surface area contributed by atoms with Crippen molar-refractivity contribution in [3.8, 4) is 0 Å². The maximum absolute atomic E-state index is 5.46. The zero-order valence-electron chi connectivity index (χ0n) is 9.55. The molecule has 0 aromatic heterocycles. The Morgan fingerprint density at radius 2 is 2.07 bits per heavy atom. The van der Waals surface area contributed by atoms with Gasteiger partial charge in [-0.25, -0.2) is 0 Å². The smallest absolute Gasteiger partial charge is 0.0623 e. The van der Waals surface area contributed by atoms with Gasteiger partial charge in [-0.05, 0) is 26.2 Å².